The summed E-state index contributed by atoms with van der Waals surface area (Å²) in [6.07, 6.45) is 6.99. The smallest absolute Gasteiger partial charge is 0.0518 e. The number of hydrogen-bond donors (Lipinski definition) is 1. The molecule has 0 bridgehead atoms. The van der Waals surface area contributed by atoms with E-state index in [2.05, 4.69) is 33.0 Å². The largest absolute Gasteiger partial charge is 0.379 e. The lowest BCUT2D eigenvalue weighted by atomic mass is 9.78. The maximum atomic E-state index is 5.54. The van der Waals surface area contributed by atoms with Crippen molar-refractivity contribution in [2.75, 3.05) is 13.2 Å². The number of ether oxygens (including phenoxy) is 1. The van der Waals surface area contributed by atoms with Gasteiger partial charge in [0.2, 0.25) is 0 Å². The molecule has 0 aliphatic heterocycles. The van der Waals surface area contributed by atoms with E-state index in [1.807, 2.05) is 0 Å². The molecule has 0 aromatic rings. The van der Waals surface area contributed by atoms with Crippen LogP contribution in [-0.4, -0.2) is 25.3 Å². The Balaban J connectivity index is 2.02. The molecule has 0 aromatic carbocycles. The van der Waals surface area contributed by atoms with E-state index >= 15 is 0 Å². The van der Waals surface area contributed by atoms with Crippen LogP contribution in [0, 0.1) is 11.8 Å². The minimum atomic E-state index is 0.377. The third kappa shape index (κ3) is 5.87. The van der Waals surface area contributed by atoms with Crippen molar-refractivity contribution in [3.8, 4) is 0 Å². The van der Waals surface area contributed by atoms with E-state index in [4.69, 9.17) is 4.74 Å². The molecule has 0 heterocycles. The highest BCUT2D eigenvalue weighted by Gasteiger charge is 2.26. The molecule has 1 saturated carbocycles. The van der Waals surface area contributed by atoms with Crippen molar-refractivity contribution < 1.29 is 4.74 Å². The molecule has 1 aliphatic carbocycles. The summed E-state index contributed by atoms with van der Waals surface area (Å²) in [5, 5.41) is 3.73. The van der Waals surface area contributed by atoms with Crippen LogP contribution in [0.3, 0.4) is 0 Å². The first-order valence-electron chi connectivity index (χ1n) is 7.46. The summed E-state index contributed by atoms with van der Waals surface area (Å²) < 4.78 is 5.54. The number of hydrogen-bond acceptors (Lipinski definition) is 2. The Bertz CT molecular complexity index is 193. The average molecular weight is 241 g/mol. The first-order chi connectivity index (χ1) is 8.11. The van der Waals surface area contributed by atoms with Gasteiger partial charge in [0.05, 0.1) is 6.10 Å². The molecule has 1 N–H and O–H groups in total. The summed E-state index contributed by atoms with van der Waals surface area (Å²) in [7, 11) is 0. The number of nitrogens with one attached hydrogen (secondary N) is 1. The summed E-state index contributed by atoms with van der Waals surface area (Å²) in [6.45, 7) is 11.1. The maximum Gasteiger partial charge on any atom is 0.0518 e. The number of rotatable bonds is 7. The van der Waals surface area contributed by atoms with Crippen molar-refractivity contribution >= 4 is 0 Å². The van der Waals surface area contributed by atoms with E-state index in [-0.39, 0.29) is 0 Å². The van der Waals surface area contributed by atoms with E-state index in [0.29, 0.717) is 6.10 Å². The van der Waals surface area contributed by atoms with Crippen LogP contribution in [-0.2, 0) is 4.74 Å². The Kier molecular flexibility index (Phi) is 7.14. The van der Waals surface area contributed by atoms with Crippen LogP contribution in [0.4, 0.5) is 0 Å². The molecular formula is C15H31NO. The SMILES string of the molecule is CC(C)OCCCCNC1CCCC(C)C1C. The third-order valence-corrected chi connectivity index (χ3v) is 4.14. The Morgan fingerprint density at radius 1 is 1.18 bits per heavy atom. The molecule has 0 saturated heterocycles. The van der Waals surface area contributed by atoms with Crippen molar-refractivity contribution in [3.63, 3.8) is 0 Å². The Morgan fingerprint density at radius 2 is 1.94 bits per heavy atom. The van der Waals surface area contributed by atoms with Gasteiger partial charge in [-0.1, -0.05) is 26.7 Å². The van der Waals surface area contributed by atoms with Crippen molar-refractivity contribution in [2.24, 2.45) is 11.8 Å². The van der Waals surface area contributed by atoms with Crippen LogP contribution >= 0.6 is 0 Å². The summed E-state index contributed by atoms with van der Waals surface area (Å²) in [4.78, 5) is 0. The summed E-state index contributed by atoms with van der Waals surface area (Å²) >= 11 is 0. The second-order valence-corrected chi connectivity index (χ2v) is 5.95. The van der Waals surface area contributed by atoms with Gasteiger partial charge in [-0.2, -0.15) is 0 Å². The lowest BCUT2D eigenvalue weighted by Crippen LogP contribution is -2.41. The van der Waals surface area contributed by atoms with Gasteiger partial charge in [0.1, 0.15) is 0 Å². The first kappa shape index (κ1) is 15.0. The summed E-state index contributed by atoms with van der Waals surface area (Å²) in [5.41, 5.74) is 0. The fourth-order valence-electron chi connectivity index (χ4n) is 2.70. The van der Waals surface area contributed by atoms with Crippen molar-refractivity contribution in [1.82, 2.24) is 5.32 Å². The quantitative estimate of drug-likeness (QED) is 0.688. The average Bonchev–Trinajstić information content (AvgIpc) is 2.28. The molecule has 1 aliphatic rings. The minimum absolute atomic E-state index is 0.377. The third-order valence-electron chi connectivity index (χ3n) is 4.14. The van der Waals surface area contributed by atoms with Crippen LogP contribution < -0.4 is 5.32 Å². The van der Waals surface area contributed by atoms with E-state index in [1.54, 1.807) is 0 Å². The molecule has 17 heavy (non-hydrogen) atoms. The van der Waals surface area contributed by atoms with Gasteiger partial charge in [0.25, 0.3) is 0 Å². The topological polar surface area (TPSA) is 21.3 Å². The van der Waals surface area contributed by atoms with E-state index in [0.717, 1.165) is 31.0 Å². The molecule has 2 nitrogen and oxygen atoms in total. The minimum Gasteiger partial charge on any atom is -0.379 e. The normalized spacial score (nSPS) is 29.8. The van der Waals surface area contributed by atoms with Crippen LogP contribution in [0.2, 0.25) is 0 Å². The monoisotopic (exact) mass is 241 g/mol. The van der Waals surface area contributed by atoms with E-state index < -0.39 is 0 Å². The van der Waals surface area contributed by atoms with Gasteiger partial charge in [-0.25, -0.2) is 0 Å². The molecule has 102 valence electrons. The van der Waals surface area contributed by atoms with Gasteiger partial charge in [-0.3, -0.25) is 0 Å². The standard InChI is InChI=1S/C15H31NO/c1-12(2)17-11-6-5-10-16-15-9-7-8-13(3)14(15)4/h12-16H,5-11H2,1-4H3. The highest BCUT2D eigenvalue weighted by Crippen LogP contribution is 2.29. The van der Waals surface area contributed by atoms with Gasteiger partial charge < -0.3 is 10.1 Å². The highest BCUT2D eigenvalue weighted by atomic mass is 16.5. The van der Waals surface area contributed by atoms with Crippen molar-refractivity contribution in [2.45, 2.75) is 71.9 Å². The number of unbranched alkanes of at least 4 members (excludes halogenated alkanes) is 1. The molecule has 0 amide bonds. The molecule has 0 aromatic heterocycles. The van der Waals surface area contributed by atoms with E-state index in [9.17, 15) is 0 Å². The molecule has 3 atom stereocenters. The van der Waals surface area contributed by atoms with Crippen LogP contribution in [0.5, 0.6) is 0 Å². The zero-order chi connectivity index (χ0) is 12.7. The van der Waals surface area contributed by atoms with Gasteiger partial charge in [-0.15, -0.1) is 0 Å². The van der Waals surface area contributed by atoms with E-state index in [1.165, 1.54) is 32.1 Å². The van der Waals surface area contributed by atoms with Gasteiger partial charge >= 0.3 is 0 Å². The fourth-order valence-corrected chi connectivity index (χ4v) is 2.70. The summed E-state index contributed by atoms with van der Waals surface area (Å²) in [5.74, 6) is 1.74. The van der Waals surface area contributed by atoms with Crippen LogP contribution in [0.1, 0.15) is 59.8 Å². The molecular weight excluding hydrogens is 210 g/mol. The summed E-state index contributed by atoms with van der Waals surface area (Å²) in [6, 6.07) is 0.754. The lowest BCUT2D eigenvalue weighted by Gasteiger charge is -2.34. The van der Waals surface area contributed by atoms with Gasteiger partial charge in [0.15, 0.2) is 0 Å². The molecule has 3 unspecified atom stereocenters. The lowest BCUT2D eigenvalue weighted by molar-refractivity contribution is 0.0756. The van der Waals surface area contributed by atoms with Crippen LogP contribution in [0.25, 0.3) is 0 Å². The molecule has 0 radical (unpaired) electrons. The predicted octanol–water partition coefficient (Wildman–Crippen LogP) is 3.61. The van der Waals surface area contributed by atoms with Gasteiger partial charge in [-0.05, 0) is 51.5 Å². The van der Waals surface area contributed by atoms with Crippen LogP contribution in [0.15, 0.2) is 0 Å². The predicted molar refractivity (Wildman–Crippen MR) is 74.3 cm³/mol. The Morgan fingerprint density at radius 3 is 2.65 bits per heavy atom. The Hall–Kier alpha value is -0.0800. The van der Waals surface area contributed by atoms with Gasteiger partial charge in [0, 0.05) is 12.6 Å². The molecule has 2 heteroatoms. The zero-order valence-electron chi connectivity index (χ0n) is 12.2. The van der Waals surface area contributed by atoms with Crippen molar-refractivity contribution in [1.29, 1.82) is 0 Å². The fraction of sp³-hybridized carbons (Fsp3) is 1.00. The molecule has 1 rings (SSSR count). The molecule has 0 spiro atoms. The maximum absolute atomic E-state index is 5.54. The Labute approximate surface area is 108 Å². The first-order valence-corrected chi connectivity index (χ1v) is 7.46. The van der Waals surface area contributed by atoms with Crippen molar-refractivity contribution in [3.05, 3.63) is 0 Å². The molecule has 1 fully saturated rings. The highest BCUT2D eigenvalue weighted by molar-refractivity contribution is 4.81. The second kappa shape index (κ2) is 8.10. The zero-order valence-corrected chi connectivity index (χ0v) is 12.2. The second-order valence-electron chi connectivity index (χ2n) is 5.95.